The van der Waals surface area contributed by atoms with Crippen molar-refractivity contribution in [1.82, 2.24) is 10.2 Å². The van der Waals surface area contributed by atoms with Crippen LogP contribution in [0.15, 0.2) is 0 Å². The van der Waals surface area contributed by atoms with Gasteiger partial charge in [0.2, 0.25) is 11.2 Å². The first kappa shape index (κ1) is 31.2. The highest BCUT2D eigenvalue weighted by Gasteiger charge is 2.50. The number of hydrogen-bond donors (Lipinski definition) is 3. The number of esters is 1. The van der Waals surface area contributed by atoms with E-state index in [0.717, 1.165) is 18.7 Å². The van der Waals surface area contributed by atoms with E-state index in [0.29, 0.717) is 6.42 Å². The van der Waals surface area contributed by atoms with E-state index in [1.807, 2.05) is 27.7 Å². The van der Waals surface area contributed by atoms with E-state index < -0.39 is 52.3 Å². The molecule has 2 unspecified atom stereocenters. The van der Waals surface area contributed by atoms with E-state index >= 15 is 0 Å². The summed E-state index contributed by atoms with van der Waals surface area (Å²) in [5.74, 6) is -3.76. The van der Waals surface area contributed by atoms with Crippen LogP contribution in [0.25, 0.3) is 0 Å². The van der Waals surface area contributed by atoms with Crippen LogP contribution in [0.3, 0.4) is 0 Å². The molecular formula is C24H44N2O7. The van der Waals surface area contributed by atoms with Crippen molar-refractivity contribution in [3.05, 3.63) is 0 Å². The molecule has 0 heterocycles. The first-order valence-corrected chi connectivity index (χ1v) is 11.4. The molecule has 0 bridgehead atoms. The fourth-order valence-corrected chi connectivity index (χ4v) is 3.45. The van der Waals surface area contributed by atoms with E-state index in [9.17, 15) is 29.4 Å². The maximum atomic E-state index is 13.3. The number of ether oxygens (including phenoxy) is 1. The Labute approximate surface area is 198 Å². The van der Waals surface area contributed by atoms with Crippen LogP contribution >= 0.6 is 0 Å². The van der Waals surface area contributed by atoms with Gasteiger partial charge >= 0.3 is 5.97 Å². The molecule has 0 rings (SSSR count). The van der Waals surface area contributed by atoms with Gasteiger partial charge in [-0.25, -0.2) is 4.79 Å². The highest BCUT2D eigenvalue weighted by Crippen LogP contribution is 2.24. The number of amides is 1. The monoisotopic (exact) mass is 472 g/mol. The van der Waals surface area contributed by atoms with Gasteiger partial charge in [-0.2, -0.15) is 0 Å². The van der Waals surface area contributed by atoms with Gasteiger partial charge in [-0.05, 0) is 66.3 Å². The Hall–Kier alpha value is -1.84. The van der Waals surface area contributed by atoms with Crippen molar-refractivity contribution in [2.45, 2.75) is 104 Å². The van der Waals surface area contributed by atoms with Crippen LogP contribution in [0, 0.1) is 11.8 Å². The minimum atomic E-state index is -2.53. The number of nitrogens with one attached hydrogen (secondary N) is 1. The molecule has 192 valence electrons. The second-order valence-electron chi connectivity index (χ2n) is 10.9. The quantitative estimate of drug-likeness (QED) is 0.287. The molecule has 0 aromatic rings. The minimum absolute atomic E-state index is 0.102. The fraction of sp³-hybridized carbons (Fsp3) is 0.833. The number of carbonyl (C=O) groups excluding carboxylic acids is 4. The molecule has 9 nitrogen and oxygen atoms in total. The standard InChI is InChI=1S/C24H44N2O7/c1-14(2)12-16(25-10)18(27)23(8,31)20(29)26(11)17(13-15(3)4)19(28)24(9,32)21(30)33-22(5,6)7/h14-17,25,31-32H,12-13H2,1-11H3/t16-,17-,23?,24?/m0/s1. The van der Waals surface area contributed by atoms with Crippen LogP contribution < -0.4 is 5.32 Å². The summed E-state index contributed by atoms with van der Waals surface area (Å²) in [6.45, 7) is 14.4. The smallest absolute Gasteiger partial charge is 0.346 e. The van der Waals surface area contributed by atoms with E-state index in [1.165, 1.54) is 7.05 Å². The Bertz CT molecular complexity index is 721. The lowest BCUT2D eigenvalue weighted by molar-refractivity contribution is -0.181. The lowest BCUT2D eigenvalue weighted by atomic mass is 9.86. The number of hydrogen-bond acceptors (Lipinski definition) is 8. The second-order valence-corrected chi connectivity index (χ2v) is 10.9. The Kier molecular flexibility index (Phi) is 10.9. The third-order valence-electron chi connectivity index (χ3n) is 5.33. The Morgan fingerprint density at radius 2 is 1.30 bits per heavy atom. The molecule has 0 aliphatic heterocycles. The van der Waals surface area contributed by atoms with Gasteiger partial charge in [-0.1, -0.05) is 27.7 Å². The van der Waals surface area contributed by atoms with Gasteiger partial charge in [-0.15, -0.1) is 0 Å². The van der Waals surface area contributed by atoms with Crippen molar-refractivity contribution < 1.29 is 34.1 Å². The molecule has 0 saturated carbocycles. The normalized spacial score (nSPS) is 17.7. The van der Waals surface area contributed by atoms with Crippen LogP contribution in [0.1, 0.15) is 75.2 Å². The lowest BCUT2D eigenvalue weighted by Crippen LogP contribution is -2.62. The fourth-order valence-electron chi connectivity index (χ4n) is 3.45. The van der Waals surface area contributed by atoms with Gasteiger partial charge in [0.05, 0.1) is 12.1 Å². The third kappa shape index (κ3) is 8.46. The number of rotatable bonds is 12. The molecule has 0 saturated heterocycles. The molecule has 0 aliphatic rings. The van der Waals surface area contributed by atoms with Crippen molar-refractivity contribution in [2.75, 3.05) is 14.1 Å². The number of aliphatic hydroxyl groups is 2. The van der Waals surface area contributed by atoms with Crippen molar-refractivity contribution >= 4 is 23.4 Å². The maximum Gasteiger partial charge on any atom is 0.346 e. The zero-order chi connectivity index (χ0) is 26.5. The molecule has 0 radical (unpaired) electrons. The first-order valence-electron chi connectivity index (χ1n) is 11.4. The second kappa shape index (κ2) is 11.5. The van der Waals surface area contributed by atoms with Crippen molar-refractivity contribution in [3.63, 3.8) is 0 Å². The van der Waals surface area contributed by atoms with Gasteiger partial charge in [0, 0.05) is 7.05 Å². The van der Waals surface area contributed by atoms with Gasteiger partial charge < -0.3 is 25.2 Å². The number of ketones is 2. The largest absolute Gasteiger partial charge is 0.457 e. The summed E-state index contributed by atoms with van der Waals surface area (Å²) in [6.07, 6.45) is 0.510. The zero-order valence-corrected chi connectivity index (χ0v) is 22.1. The molecule has 1 amide bonds. The molecule has 0 aromatic carbocycles. The van der Waals surface area contributed by atoms with Gasteiger partial charge in [-0.3, -0.25) is 14.4 Å². The van der Waals surface area contributed by atoms with Crippen molar-refractivity contribution in [2.24, 2.45) is 11.8 Å². The summed E-state index contributed by atoms with van der Waals surface area (Å²) >= 11 is 0. The predicted molar refractivity (Wildman–Crippen MR) is 125 cm³/mol. The highest BCUT2D eigenvalue weighted by molar-refractivity contribution is 6.13. The van der Waals surface area contributed by atoms with Gasteiger partial charge in [0.25, 0.3) is 5.91 Å². The molecule has 0 aliphatic carbocycles. The molecular weight excluding hydrogens is 428 g/mol. The first-order chi connectivity index (χ1) is 14.7. The summed E-state index contributed by atoms with van der Waals surface area (Å²) < 4.78 is 5.18. The third-order valence-corrected chi connectivity index (χ3v) is 5.33. The van der Waals surface area contributed by atoms with E-state index in [-0.39, 0.29) is 18.3 Å². The van der Waals surface area contributed by atoms with Crippen LogP contribution in [0.4, 0.5) is 0 Å². The predicted octanol–water partition coefficient (Wildman–Crippen LogP) is 1.48. The molecule has 33 heavy (non-hydrogen) atoms. The van der Waals surface area contributed by atoms with Crippen LogP contribution in [-0.4, -0.2) is 81.5 Å². The van der Waals surface area contributed by atoms with Crippen molar-refractivity contribution in [1.29, 1.82) is 0 Å². The van der Waals surface area contributed by atoms with Crippen LogP contribution in [-0.2, 0) is 23.9 Å². The topological polar surface area (TPSA) is 133 Å². The number of nitrogens with zero attached hydrogens (tertiary/aromatic N) is 1. The van der Waals surface area contributed by atoms with E-state index in [2.05, 4.69) is 5.32 Å². The van der Waals surface area contributed by atoms with E-state index in [1.54, 1.807) is 27.8 Å². The highest BCUT2D eigenvalue weighted by atomic mass is 16.6. The average molecular weight is 473 g/mol. The Morgan fingerprint density at radius 1 is 0.848 bits per heavy atom. The summed E-state index contributed by atoms with van der Waals surface area (Å²) in [6, 6.07) is -2.03. The molecule has 0 fully saturated rings. The SMILES string of the molecule is CN[C@@H](CC(C)C)C(=O)C(C)(O)C(=O)N(C)[C@@H](CC(C)C)C(=O)C(C)(O)C(=O)OC(C)(C)C. The maximum absolute atomic E-state index is 13.3. The Balaban J connectivity index is 6.06. The van der Waals surface area contributed by atoms with E-state index in [4.69, 9.17) is 4.74 Å². The summed E-state index contributed by atoms with van der Waals surface area (Å²) in [7, 11) is 2.84. The summed E-state index contributed by atoms with van der Waals surface area (Å²) in [4.78, 5) is 53.0. The molecule has 4 atom stereocenters. The number of Topliss-reactive ketones (excluding diaryl/α,β-unsaturated/α-hetero) is 2. The molecule has 0 aromatic heterocycles. The molecule has 0 spiro atoms. The lowest BCUT2D eigenvalue weighted by Gasteiger charge is -2.37. The molecule has 9 heteroatoms. The zero-order valence-electron chi connectivity index (χ0n) is 22.1. The number of likely N-dealkylation sites (N-methyl/N-ethyl adjacent to an activating group) is 2. The number of carbonyl (C=O) groups is 4. The minimum Gasteiger partial charge on any atom is -0.457 e. The van der Waals surface area contributed by atoms with Crippen molar-refractivity contribution in [3.8, 4) is 0 Å². The average Bonchev–Trinajstić information content (AvgIpc) is 2.66. The van der Waals surface area contributed by atoms with Gasteiger partial charge in [0.1, 0.15) is 5.60 Å². The van der Waals surface area contributed by atoms with Crippen LogP contribution in [0.2, 0.25) is 0 Å². The summed E-state index contributed by atoms with van der Waals surface area (Å²) in [5, 5.41) is 24.5. The van der Waals surface area contributed by atoms with Gasteiger partial charge in [0.15, 0.2) is 11.6 Å². The molecule has 3 N–H and O–H groups in total. The van der Waals surface area contributed by atoms with Crippen LogP contribution in [0.5, 0.6) is 0 Å². The summed E-state index contributed by atoms with van der Waals surface area (Å²) in [5.41, 5.74) is -5.88. The Morgan fingerprint density at radius 3 is 1.67 bits per heavy atom.